The van der Waals surface area contributed by atoms with Gasteiger partial charge in [-0.1, -0.05) is 0 Å². The van der Waals surface area contributed by atoms with Gasteiger partial charge in [-0.3, -0.25) is 4.18 Å². The molecule has 0 spiro atoms. The molecule has 0 N–H and O–H groups in total. The molecule has 1 fully saturated rings. The number of benzene rings is 1. The molecule has 1 saturated heterocycles. The molecule has 0 amide bonds. The first-order valence-electron chi connectivity index (χ1n) is 7.80. The SMILES string of the molecule is Cc1c(F)c(F)c(S(=O)(=O)OC(CC2(C)OCCCO2)C(F)(F)F)c(F)c1F. The van der Waals surface area contributed by atoms with Crippen LogP contribution in [0.2, 0.25) is 0 Å². The van der Waals surface area contributed by atoms with Crippen LogP contribution >= 0.6 is 0 Å². The highest BCUT2D eigenvalue weighted by molar-refractivity contribution is 7.86. The van der Waals surface area contributed by atoms with Gasteiger partial charge < -0.3 is 9.47 Å². The fraction of sp³-hybridized carbons (Fsp3) is 0.600. The topological polar surface area (TPSA) is 61.8 Å². The molecule has 1 aromatic carbocycles. The van der Waals surface area contributed by atoms with Gasteiger partial charge in [-0.2, -0.15) is 21.6 Å². The van der Waals surface area contributed by atoms with Gasteiger partial charge in [-0.15, -0.1) is 0 Å². The van der Waals surface area contributed by atoms with Crippen molar-refractivity contribution in [3.8, 4) is 0 Å². The molecule has 0 saturated carbocycles. The Morgan fingerprint density at radius 2 is 1.50 bits per heavy atom. The minimum Gasteiger partial charge on any atom is -0.350 e. The van der Waals surface area contributed by atoms with Gasteiger partial charge in [0.05, 0.1) is 13.2 Å². The first kappa shape index (κ1) is 22.8. The van der Waals surface area contributed by atoms with Crippen LogP contribution in [-0.4, -0.2) is 39.7 Å². The standard InChI is InChI=1S/C15H15F7O5S/c1-7-9(16)11(18)13(12(19)10(7)17)28(23,24)27-8(15(20,21)22)6-14(2)25-4-3-5-26-14/h8H,3-6H2,1-2H3. The Kier molecular flexibility index (Phi) is 6.34. The normalized spacial score (nSPS) is 18.9. The Hall–Kier alpha value is -1.44. The minimum absolute atomic E-state index is 0.0193. The smallest absolute Gasteiger partial charge is 0.350 e. The Morgan fingerprint density at radius 1 is 1.04 bits per heavy atom. The molecule has 0 aliphatic carbocycles. The number of halogens is 7. The summed E-state index contributed by atoms with van der Waals surface area (Å²) in [6, 6.07) is 0. The van der Waals surface area contributed by atoms with Gasteiger partial charge in [0.25, 0.3) is 0 Å². The Bertz CT molecular complexity index is 818. The van der Waals surface area contributed by atoms with Crippen LogP contribution in [0.15, 0.2) is 4.90 Å². The summed E-state index contributed by atoms with van der Waals surface area (Å²) in [5, 5.41) is 0. The Balaban J connectivity index is 2.44. The third kappa shape index (κ3) is 4.58. The zero-order valence-electron chi connectivity index (χ0n) is 14.5. The van der Waals surface area contributed by atoms with Crippen molar-refractivity contribution in [2.75, 3.05) is 13.2 Å². The largest absolute Gasteiger partial charge is 0.416 e. The molecule has 0 radical (unpaired) electrons. The van der Waals surface area contributed by atoms with Crippen molar-refractivity contribution >= 4 is 10.1 Å². The van der Waals surface area contributed by atoms with E-state index in [4.69, 9.17) is 9.47 Å². The lowest BCUT2D eigenvalue weighted by atomic mass is 10.1. The number of ether oxygens (including phenoxy) is 2. The zero-order valence-corrected chi connectivity index (χ0v) is 15.3. The molecular weight excluding hydrogens is 425 g/mol. The second kappa shape index (κ2) is 7.76. The molecule has 28 heavy (non-hydrogen) atoms. The van der Waals surface area contributed by atoms with Gasteiger partial charge in [0.1, 0.15) is 0 Å². The van der Waals surface area contributed by atoms with Crippen molar-refractivity contribution in [2.24, 2.45) is 0 Å². The van der Waals surface area contributed by atoms with Crippen molar-refractivity contribution in [1.29, 1.82) is 0 Å². The maximum atomic E-state index is 13.9. The summed E-state index contributed by atoms with van der Waals surface area (Å²) in [5.41, 5.74) is -1.18. The molecule has 1 aliphatic heterocycles. The van der Waals surface area contributed by atoms with Crippen LogP contribution in [-0.2, 0) is 23.8 Å². The maximum absolute atomic E-state index is 13.9. The highest BCUT2D eigenvalue weighted by Gasteiger charge is 2.50. The van der Waals surface area contributed by atoms with E-state index in [1.54, 1.807) is 0 Å². The fourth-order valence-electron chi connectivity index (χ4n) is 2.48. The second-order valence-corrected chi connectivity index (χ2v) is 7.69. The van der Waals surface area contributed by atoms with Crippen LogP contribution in [0, 0.1) is 30.2 Å². The highest BCUT2D eigenvalue weighted by atomic mass is 32.2. The molecular formula is C15H15F7O5S. The van der Waals surface area contributed by atoms with Gasteiger partial charge in [-0.25, -0.2) is 17.6 Å². The van der Waals surface area contributed by atoms with E-state index in [1.165, 1.54) is 0 Å². The van der Waals surface area contributed by atoms with E-state index in [-0.39, 0.29) is 13.2 Å². The molecule has 0 bridgehead atoms. The van der Waals surface area contributed by atoms with E-state index >= 15 is 0 Å². The summed E-state index contributed by atoms with van der Waals surface area (Å²) in [5.74, 6) is -10.8. The molecule has 1 unspecified atom stereocenters. The van der Waals surface area contributed by atoms with Crippen molar-refractivity contribution in [3.05, 3.63) is 28.8 Å². The summed E-state index contributed by atoms with van der Waals surface area (Å²) in [6.45, 7) is 1.75. The lowest BCUT2D eigenvalue weighted by molar-refractivity contribution is -0.288. The molecule has 5 nitrogen and oxygen atoms in total. The zero-order chi connectivity index (χ0) is 21.5. The summed E-state index contributed by atoms with van der Waals surface area (Å²) in [6.07, 6.45) is -9.33. The van der Waals surface area contributed by atoms with Crippen LogP contribution < -0.4 is 0 Å². The molecule has 2 rings (SSSR count). The number of hydrogen-bond acceptors (Lipinski definition) is 5. The highest BCUT2D eigenvalue weighted by Crippen LogP contribution is 2.36. The van der Waals surface area contributed by atoms with Crippen LogP contribution in [0.3, 0.4) is 0 Å². The lowest BCUT2D eigenvalue weighted by Crippen LogP contribution is -2.46. The molecule has 13 heteroatoms. The monoisotopic (exact) mass is 440 g/mol. The van der Waals surface area contributed by atoms with E-state index in [0.29, 0.717) is 13.3 Å². The molecule has 160 valence electrons. The predicted octanol–water partition coefficient (Wildman–Crippen LogP) is 3.73. The van der Waals surface area contributed by atoms with E-state index in [9.17, 15) is 39.2 Å². The maximum Gasteiger partial charge on any atom is 0.416 e. The average molecular weight is 440 g/mol. The molecule has 1 heterocycles. The van der Waals surface area contributed by atoms with Crippen molar-refractivity contribution in [2.45, 2.75) is 49.7 Å². The average Bonchev–Trinajstić information content (AvgIpc) is 2.57. The van der Waals surface area contributed by atoms with Gasteiger partial charge in [0.15, 0.2) is 40.1 Å². The number of hydrogen-bond donors (Lipinski definition) is 0. The van der Waals surface area contributed by atoms with Crippen molar-refractivity contribution in [3.63, 3.8) is 0 Å². The third-order valence-electron chi connectivity index (χ3n) is 3.96. The Labute approximate surface area is 155 Å². The van der Waals surface area contributed by atoms with Crippen LogP contribution in [0.4, 0.5) is 30.7 Å². The fourth-order valence-corrected chi connectivity index (χ4v) is 3.67. The number of alkyl halides is 3. The molecule has 1 aromatic rings. The van der Waals surface area contributed by atoms with Crippen molar-refractivity contribution < 1.29 is 52.8 Å². The minimum atomic E-state index is -5.90. The third-order valence-corrected chi connectivity index (χ3v) is 5.30. The van der Waals surface area contributed by atoms with Gasteiger partial charge in [0.2, 0.25) is 0 Å². The summed E-state index contributed by atoms with van der Waals surface area (Å²) >= 11 is 0. The van der Waals surface area contributed by atoms with E-state index in [1.807, 2.05) is 0 Å². The van der Waals surface area contributed by atoms with Gasteiger partial charge in [0, 0.05) is 12.0 Å². The van der Waals surface area contributed by atoms with E-state index in [0.717, 1.165) is 6.92 Å². The van der Waals surface area contributed by atoms with Crippen LogP contribution in [0.5, 0.6) is 0 Å². The van der Waals surface area contributed by atoms with Gasteiger partial charge in [-0.05, 0) is 20.3 Å². The summed E-state index contributed by atoms with van der Waals surface area (Å²) < 4.78 is 133. The summed E-state index contributed by atoms with van der Waals surface area (Å²) in [7, 11) is -5.90. The van der Waals surface area contributed by atoms with Crippen molar-refractivity contribution in [1.82, 2.24) is 0 Å². The molecule has 0 aromatic heterocycles. The molecule has 1 atom stereocenters. The van der Waals surface area contributed by atoms with Crippen LogP contribution in [0.1, 0.15) is 25.3 Å². The second-order valence-electron chi connectivity index (χ2n) is 6.18. The van der Waals surface area contributed by atoms with Gasteiger partial charge >= 0.3 is 16.3 Å². The summed E-state index contributed by atoms with van der Waals surface area (Å²) in [4.78, 5) is -2.29. The number of rotatable bonds is 5. The quantitative estimate of drug-likeness (QED) is 0.397. The Morgan fingerprint density at radius 3 is 1.93 bits per heavy atom. The lowest BCUT2D eigenvalue weighted by Gasteiger charge is -2.36. The molecule has 1 aliphatic rings. The van der Waals surface area contributed by atoms with Crippen LogP contribution in [0.25, 0.3) is 0 Å². The first-order valence-corrected chi connectivity index (χ1v) is 9.21. The van der Waals surface area contributed by atoms with E-state index < -0.39 is 68.3 Å². The predicted molar refractivity (Wildman–Crippen MR) is 78.7 cm³/mol. The first-order chi connectivity index (χ1) is 12.7. The van der Waals surface area contributed by atoms with E-state index in [2.05, 4.69) is 4.18 Å².